The monoisotopic (exact) mass is 260 g/mol. The number of fused-ring (bicyclic) bond motifs is 1. The van der Waals surface area contributed by atoms with Gasteiger partial charge in [0.2, 0.25) is 11.8 Å². The van der Waals surface area contributed by atoms with Crippen molar-refractivity contribution in [2.75, 3.05) is 0 Å². The highest BCUT2D eigenvalue weighted by Gasteiger charge is 2.22. The van der Waals surface area contributed by atoms with Gasteiger partial charge in [0.15, 0.2) is 0 Å². The molecule has 0 aliphatic carbocycles. The van der Waals surface area contributed by atoms with E-state index >= 15 is 0 Å². The third kappa shape index (κ3) is 1.41. The standard InChI is InChI=1S/C10H7N5O4/c16-8-5-2-1-3-6(15(18)19)7(5)9(17)14(8)10-11-4-12-13-10/h1-4,16-17H,(H,11,12,13)/p-1. The molecule has 2 N–H and O–H groups in total. The number of non-ortho nitro benzene ring substituents is 1. The van der Waals surface area contributed by atoms with E-state index in [9.17, 15) is 20.3 Å². The maximum atomic E-state index is 12.1. The summed E-state index contributed by atoms with van der Waals surface area (Å²) in [7, 11) is 0. The predicted octanol–water partition coefficient (Wildman–Crippen LogP) is 0.436. The number of benzene rings is 1. The lowest BCUT2D eigenvalue weighted by Crippen LogP contribution is -2.03. The molecule has 0 aliphatic rings. The number of hydrogen-bond acceptors (Lipinski definition) is 6. The van der Waals surface area contributed by atoms with Crippen molar-refractivity contribution >= 4 is 16.5 Å². The van der Waals surface area contributed by atoms with Crippen LogP contribution in [0.1, 0.15) is 0 Å². The first-order valence-corrected chi connectivity index (χ1v) is 5.14. The largest absolute Gasteiger partial charge is 0.859 e. The second-order valence-corrected chi connectivity index (χ2v) is 3.73. The average molecular weight is 260 g/mol. The fourth-order valence-electron chi connectivity index (χ4n) is 1.94. The van der Waals surface area contributed by atoms with Crippen molar-refractivity contribution in [2.45, 2.75) is 0 Å². The second kappa shape index (κ2) is 3.70. The molecule has 0 radical (unpaired) electrons. The van der Waals surface area contributed by atoms with Gasteiger partial charge in [-0.2, -0.15) is 10.1 Å². The third-order valence-electron chi connectivity index (χ3n) is 2.72. The van der Waals surface area contributed by atoms with Crippen molar-refractivity contribution < 1.29 is 15.1 Å². The van der Waals surface area contributed by atoms with E-state index in [1.54, 1.807) is 0 Å². The van der Waals surface area contributed by atoms with Crippen LogP contribution in [0.5, 0.6) is 11.8 Å². The molecule has 0 saturated carbocycles. The number of nitrogens with one attached hydrogen (secondary N) is 1. The molecule has 0 amide bonds. The first-order valence-electron chi connectivity index (χ1n) is 5.14. The van der Waals surface area contributed by atoms with Gasteiger partial charge in [-0.3, -0.25) is 14.7 Å². The first-order chi connectivity index (χ1) is 9.11. The van der Waals surface area contributed by atoms with Crippen molar-refractivity contribution in [1.82, 2.24) is 19.7 Å². The van der Waals surface area contributed by atoms with Crippen LogP contribution >= 0.6 is 0 Å². The van der Waals surface area contributed by atoms with E-state index in [1.807, 2.05) is 0 Å². The van der Waals surface area contributed by atoms with Gasteiger partial charge < -0.3 is 10.2 Å². The number of aromatic hydroxyl groups is 1. The van der Waals surface area contributed by atoms with E-state index in [-0.39, 0.29) is 22.4 Å². The highest BCUT2D eigenvalue weighted by atomic mass is 16.6. The highest BCUT2D eigenvalue weighted by Crippen LogP contribution is 2.41. The lowest BCUT2D eigenvalue weighted by molar-refractivity contribution is -0.383. The molecule has 19 heavy (non-hydrogen) atoms. The van der Waals surface area contributed by atoms with Crippen LogP contribution in [-0.2, 0) is 0 Å². The van der Waals surface area contributed by atoms with Gasteiger partial charge in [-0.15, -0.1) is 0 Å². The van der Waals surface area contributed by atoms with Crippen LogP contribution in [0.2, 0.25) is 0 Å². The second-order valence-electron chi connectivity index (χ2n) is 3.73. The summed E-state index contributed by atoms with van der Waals surface area (Å²) in [5, 5.41) is 39.0. The number of nitro groups is 1. The third-order valence-corrected chi connectivity index (χ3v) is 2.72. The molecule has 0 bridgehead atoms. The minimum atomic E-state index is -0.660. The van der Waals surface area contributed by atoms with Gasteiger partial charge >= 0.3 is 0 Å². The lowest BCUT2D eigenvalue weighted by atomic mass is 10.2. The Labute approximate surface area is 104 Å². The SMILES string of the molecule is O=[N+]([O-])c1cccc2c([O-])n(-c3ncn[nH]3)c(O)c12. The molecule has 3 rings (SSSR count). The lowest BCUT2D eigenvalue weighted by Gasteiger charge is -2.09. The molecule has 2 aromatic heterocycles. The van der Waals surface area contributed by atoms with Gasteiger partial charge in [-0.05, 0) is 5.88 Å². The van der Waals surface area contributed by atoms with Crippen molar-refractivity contribution in [1.29, 1.82) is 0 Å². The number of aromatic amines is 1. The average Bonchev–Trinajstić information content (AvgIpc) is 2.98. The maximum Gasteiger partial charge on any atom is 0.282 e. The van der Waals surface area contributed by atoms with Gasteiger partial charge in [0, 0.05) is 11.5 Å². The molecular formula is C10H6N5O4-. The quantitative estimate of drug-likeness (QED) is 0.507. The fourth-order valence-corrected chi connectivity index (χ4v) is 1.94. The Bertz CT molecular complexity index is 777. The van der Waals surface area contributed by atoms with Crippen LogP contribution in [0.25, 0.3) is 16.7 Å². The maximum absolute atomic E-state index is 12.1. The number of hydrogen-bond donors (Lipinski definition) is 2. The molecule has 0 spiro atoms. The van der Waals surface area contributed by atoms with Crippen LogP contribution in [0.15, 0.2) is 24.5 Å². The van der Waals surface area contributed by atoms with Gasteiger partial charge in [-0.1, -0.05) is 12.1 Å². The molecule has 2 heterocycles. The molecule has 0 atom stereocenters. The molecule has 9 nitrogen and oxygen atoms in total. The van der Waals surface area contributed by atoms with E-state index in [1.165, 1.54) is 18.2 Å². The summed E-state index contributed by atoms with van der Waals surface area (Å²) in [6.07, 6.45) is 1.16. The normalized spacial score (nSPS) is 10.9. The Morgan fingerprint density at radius 2 is 2.21 bits per heavy atom. The van der Waals surface area contributed by atoms with Crippen LogP contribution in [0.3, 0.4) is 0 Å². The highest BCUT2D eigenvalue weighted by molar-refractivity contribution is 5.99. The number of aromatic nitrogens is 4. The molecule has 0 aliphatic heterocycles. The van der Waals surface area contributed by atoms with Crippen molar-refractivity contribution in [3.63, 3.8) is 0 Å². The van der Waals surface area contributed by atoms with Gasteiger partial charge in [0.05, 0.1) is 4.92 Å². The summed E-state index contributed by atoms with van der Waals surface area (Å²) >= 11 is 0. The molecule has 0 saturated heterocycles. The van der Waals surface area contributed by atoms with Crippen molar-refractivity contribution in [2.24, 2.45) is 0 Å². The minimum absolute atomic E-state index is 0.00648. The molecule has 96 valence electrons. The number of H-pyrrole nitrogens is 1. The van der Waals surface area contributed by atoms with Gasteiger partial charge in [0.1, 0.15) is 11.7 Å². The van der Waals surface area contributed by atoms with Crippen LogP contribution in [-0.4, -0.2) is 29.8 Å². The summed E-state index contributed by atoms with van der Waals surface area (Å²) in [5.41, 5.74) is -0.342. The van der Waals surface area contributed by atoms with Gasteiger partial charge in [-0.25, -0.2) is 5.10 Å². The minimum Gasteiger partial charge on any atom is -0.859 e. The fraction of sp³-hybridized carbons (Fsp3) is 0. The van der Waals surface area contributed by atoms with E-state index < -0.39 is 16.7 Å². The molecule has 0 fully saturated rings. The smallest absolute Gasteiger partial charge is 0.282 e. The predicted molar refractivity (Wildman–Crippen MR) is 61.0 cm³/mol. The van der Waals surface area contributed by atoms with E-state index in [4.69, 9.17) is 0 Å². The molecule has 9 heteroatoms. The van der Waals surface area contributed by atoms with E-state index in [0.29, 0.717) is 0 Å². The summed E-state index contributed by atoms with van der Waals surface area (Å²) < 4.78 is 0.838. The molecule has 0 unspecified atom stereocenters. The Morgan fingerprint density at radius 1 is 1.42 bits per heavy atom. The number of rotatable bonds is 2. The molecule has 3 aromatic rings. The number of nitro benzene ring substituents is 1. The Morgan fingerprint density at radius 3 is 2.84 bits per heavy atom. The molecule has 1 aromatic carbocycles. The zero-order valence-electron chi connectivity index (χ0n) is 9.27. The summed E-state index contributed by atoms with van der Waals surface area (Å²) in [4.78, 5) is 14.0. The zero-order valence-corrected chi connectivity index (χ0v) is 9.27. The van der Waals surface area contributed by atoms with Gasteiger partial charge in [0.25, 0.3) is 5.69 Å². The van der Waals surface area contributed by atoms with Crippen LogP contribution in [0, 0.1) is 10.1 Å². The van der Waals surface area contributed by atoms with Crippen LogP contribution in [0.4, 0.5) is 5.69 Å². The molecular weight excluding hydrogens is 254 g/mol. The summed E-state index contributed by atoms with van der Waals surface area (Å²) in [6, 6.07) is 4.00. The first kappa shape index (κ1) is 11.0. The topological polar surface area (TPSA) is 133 Å². The van der Waals surface area contributed by atoms with Crippen LogP contribution < -0.4 is 5.11 Å². The summed E-state index contributed by atoms with van der Waals surface area (Å²) in [5.74, 6) is -1.15. The van der Waals surface area contributed by atoms with E-state index in [2.05, 4.69) is 15.2 Å². The van der Waals surface area contributed by atoms with Crippen molar-refractivity contribution in [3.05, 3.63) is 34.6 Å². The Balaban J connectivity index is 2.44. The Kier molecular flexibility index (Phi) is 2.14. The zero-order chi connectivity index (χ0) is 13.6. The Hall–Kier alpha value is -3.10. The number of nitrogens with zero attached hydrogens (tertiary/aromatic N) is 4. The van der Waals surface area contributed by atoms with Crippen molar-refractivity contribution in [3.8, 4) is 17.7 Å². The van der Waals surface area contributed by atoms with E-state index in [0.717, 1.165) is 10.9 Å². The summed E-state index contributed by atoms with van der Waals surface area (Å²) in [6.45, 7) is 0.